The first-order valence-electron chi connectivity index (χ1n) is 5.92. The van der Waals surface area contributed by atoms with E-state index in [1.165, 1.54) is 17.4 Å². The number of nitrogens with one attached hydrogen (secondary N) is 2. The average molecular weight is 322 g/mol. The Kier molecular flexibility index (Phi) is 3.52. The maximum Gasteiger partial charge on any atom is 0.273 e. The highest BCUT2D eigenvalue weighted by molar-refractivity contribution is 7.80. The Balaban J connectivity index is 1.90. The molecule has 106 valence electrons. The number of carbonyl (C=O) groups excluding carboxylic acids is 1. The number of rotatable bonds is 2. The molecule has 1 aromatic carbocycles. The van der Waals surface area contributed by atoms with Gasteiger partial charge < -0.3 is 5.32 Å². The molecule has 0 unspecified atom stereocenters. The van der Waals surface area contributed by atoms with Crippen LogP contribution in [-0.2, 0) is 4.79 Å². The summed E-state index contributed by atoms with van der Waals surface area (Å²) < 4.78 is 26.2. The van der Waals surface area contributed by atoms with Crippen molar-refractivity contribution in [3.8, 4) is 10.4 Å². The number of halogens is 2. The molecule has 7 heteroatoms. The molecular formula is C14H8F2N2OS2. The molecule has 1 aliphatic heterocycles. The van der Waals surface area contributed by atoms with E-state index in [0.717, 1.165) is 21.9 Å². The molecule has 1 aromatic heterocycles. The zero-order valence-corrected chi connectivity index (χ0v) is 12.1. The molecule has 21 heavy (non-hydrogen) atoms. The van der Waals surface area contributed by atoms with Crippen molar-refractivity contribution < 1.29 is 13.6 Å². The fourth-order valence-electron chi connectivity index (χ4n) is 1.86. The van der Waals surface area contributed by atoms with Crippen molar-refractivity contribution in [3.63, 3.8) is 0 Å². The SMILES string of the molecule is O=C1NC(=S)N/C1=C/c1ccc(-c2ccc(F)c(F)c2)s1. The first kappa shape index (κ1) is 13.8. The quantitative estimate of drug-likeness (QED) is 0.660. The predicted octanol–water partition coefficient (Wildman–Crippen LogP) is 3.04. The van der Waals surface area contributed by atoms with Gasteiger partial charge in [0.05, 0.1) is 0 Å². The summed E-state index contributed by atoms with van der Waals surface area (Å²) in [5.74, 6) is -2.05. The minimum atomic E-state index is -0.886. The molecule has 2 aromatic rings. The minimum absolute atomic E-state index is 0.267. The van der Waals surface area contributed by atoms with Crippen LogP contribution in [0.4, 0.5) is 8.78 Å². The highest BCUT2D eigenvalue weighted by Gasteiger charge is 2.20. The Morgan fingerprint density at radius 1 is 1.10 bits per heavy atom. The third-order valence-corrected chi connectivity index (χ3v) is 4.12. The number of amides is 1. The second-order valence-corrected chi connectivity index (χ2v) is 5.82. The molecule has 1 aliphatic rings. The number of carbonyl (C=O) groups is 1. The summed E-state index contributed by atoms with van der Waals surface area (Å²) in [6.45, 7) is 0. The van der Waals surface area contributed by atoms with Gasteiger partial charge in [-0.05, 0) is 48.1 Å². The Morgan fingerprint density at radius 3 is 2.57 bits per heavy atom. The molecule has 0 radical (unpaired) electrons. The lowest BCUT2D eigenvalue weighted by molar-refractivity contribution is -0.115. The van der Waals surface area contributed by atoms with E-state index in [1.807, 2.05) is 0 Å². The van der Waals surface area contributed by atoms with Crippen molar-refractivity contribution in [1.29, 1.82) is 0 Å². The fraction of sp³-hybridized carbons (Fsp3) is 0. The average Bonchev–Trinajstić information content (AvgIpc) is 3.01. The maximum absolute atomic E-state index is 13.2. The first-order valence-corrected chi connectivity index (χ1v) is 7.15. The second kappa shape index (κ2) is 5.34. The summed E-state index contributed by atoms with van der Waals surface area (Å²) in [5, 5.41) is 5.48. The summed E-state index contributed by atoms with van der Waals surface area (Å²) in [6, 6.07) is 7.33. The molecular weight excluding hydrogens is 314 g/mol. The smallest absolute Gasteiger partial charge is 0.273 e. The normalized spacial score (nSPS) is 16.2. The molecule has 3 rings (SSSR count). The second-order valence-electron chi connectivity index (χ2n) is 4.30. The summed E-state index contributed by atoms with van der Waals surface area (Å²) in [7, 11) is 0. The van der Waals surface area contributed by atoms with Gasteiger partial charge in [-0.15, -0.1) is 11.3 Å². The third-order valence-electron chi connectivity index (χ3n) is 2.84. The van der Waals surface area contributed by atoms with Gasteiger partial charge >= 0.3 is 0 Å². The summed E-state index contributed by atoms with van der Waals surface area (Å²) in [5.41, 5.74) is 0.946. The zero-order chi connectivity index (χ0) is 15.0. The van der Waals surface area contributed by atoms with Crippen LogP contribution in [0.1, 0.15) is 4.88 Å². The minimum Gasteiger partial charge on any atom is -0.328 e. The van der Waals surface area contributed by atoms with Crippen molar-refractivity contribution in [2.45, 2.75) is 0 Å². The van der Waals surface area contributed by atoms with Gasteiger partial charge in [0.2, 0.25) is 0 Å². The fourth-order valence-corrected chi connectivity index (χ4v) is 3.01. The highest BCUT2D eigenvalue weighted by Crippen LogP contribution is 2.30. The standard InChI is InChI=1S/C14H8F2N2OS2/c15-9-3-1-7(5-10(9)16)12-4-2-8(21-12)6-11-13(19)18-14(20)17-11/h1-6H,(H2,17,18,19,20)/b11-6+. The van der Waals surface area contributed by atoms with Gasteiger partial charge in [0.25, 0.3) is 5.91 Å². The Morgan fingerprint density at radius 2 is 1.90 bits per heavy atom. The van der Waals surface area contributed by atoms with Gasteiger partial charge in [-0.25, -0.2) is 8.78 Å². The monoisotopic (exact) mass is 322 g/mol. The van der Waals surface area contributed by atoms with E-state index in [-0.39, 0.29) is 11.0 Å². The topological polar surface area (TPSA) is 41.1 Å². The number of benzene rings is 1. The zero-order valence-electron chi connectivity index (χ0n) is 10.4. The Labute approximate surface area is 128 Å². The van der Waals surface area contributed by atoms with Crippen molar-refractivity contribution in [3.05, 3.63) is 52.5 Å². The van der Waals surface area contributed by atoms with Crippen LogP contribution in [-0.4, -0.2) is 11.0 Å². The molecule has 1 saturated heterocycles. The van der Waals surface area contributed by atoms with E-state index < -0.39 is 11.6 Å². The molecule has 1 amide bonds. The predicted molar refractivity (Wildman–Crippen MR) is 81.5 cm³/mol. The number of thiocarbonyl (C=S) groups is 1. The van der Waals surface area contributed by atoms with Gasteiger partial charge in [0, 0.05) is 9.75 Å². The van der Waals surface area contributed by atoms with Crippen LogP contribution in [0.25, 0.3) is 16.5 Å². The molecule has 0 spiro atoms. The lowest BCUT2D eigenvalue weighted by Gasteiger charge is -1.98. The number of hydrogen-bond donors (Lipinski definition) is 2. The van der Waals surface area contributed by atoms with Crippen molar-refractivity contribution in [2.75, 3.05) is 0 Å². The molecule has 0 bridgehead atoms. The Hall–Kier alpha value is -2.12. The van der Waals surface area contributed by atoms with Crippen LogP contribution in [0.5, 0.6) is 0 Å². The summed E-state index contributed by atoms with van der Waals surface area (Å²) in [4.78, 5) is 13.1. The highest BCUT2D eigenvalue weighted by atomic mass is 32.1. The molecule has 1 fully saturated rings. The first-order chi connectivity index (χ1) is 10.0. The van der Waals surface area contributed by atoms with Crippen LogP contribution >= 0.6 is 23.6 Å². The van der Waals surface area contributed by atoms with E-state index in [1.54, 1.807) is 18.2 Å². The van der Waals surface area contributed by atoms with E-state index >= 15 is 0 Å². The summed E-state index contributed by atoms with van der Waals surface area (Å²) >= 11 is 6.20. The lowest BCUT2D eigenvalue weighted by Crippen LogP contribution is -2.21. The maximum atomic E-state index is 13.2. The number of thiophene rings is 1. The van der Waals surface area contributed by atoms with E-state index in [4.69, 9.17) is 12.2 Å². The van der Waals surface area contributed by atoms with Gasteiger partial charge in [-0.2, -0.15) is 0 Å². The lowest BCUT2D eigenvalue weighted by atomic mass is 10.2. The van der Waals surface area contributed by atoms with Gasteiger partial charge in [-0.3, -0.25) is 10.1 Å². The van der Waals surface area contributed by atoms with Crippen LogP contribution in [0.2, 0.25) is 0 Å². The summed E-state index contributed by atoms with van der Waals surface area (Å²) in [6.07, 6.45) is 1.66. The molecule has 3 nitrogen and oxygen atoms in total. The van der Waals surface area contributed by atoms with Crippen LogP contribution in [0, 0.1) is 11.6 Å². The third kappa shape index (κ3) is 2.84. The van der Waals surface area contributed by atoms with Crippen molar-refractivity contribution >= 4 is 40.7 Å². The van der Waals surface area contributed by atoms with Crippen LogP contribution in [0.3, 0.4) is 0 Å². The van der Waals surface area contributed by atoms with Gasteiger partial charge in [0.15, 0.2) is 16.7 Å². The molecule has 0 saturated carbocycles. The van der Waals surface area contributed by atoms with E-state index in [9.17, 15) is 13.6 Å². The van der Waals surface area contributed by atoms with Crippen LogP contribution in [0.15, 0.2) is 36.0 Å². The largest absolute Gasteiger partial charge is 0.328 e. The molecule has 0 atom stereocenters. The Bertz CT molecular complexity index is 783. The van der Waals surface area contributed by atoms with E-state index in [0.29, 0.717) is 11.3 Å². The molecule has 0 aliphatic carbocycles. The molecule has 2 heterocycles. The van der Waals surface area contributed by atoms with E-state index in [2.05, 4.69) is 10.6 Å². The molecule has 2 N–H and O–H groups in total. The number of hydrogen-bond acceptors (Lipinski definition) is 3. The van der Waals surface area contributed by atoms with Gasteiger partial charge in [0.1, 0.15) is 5.70 Å². The van der Waals surface area contributed by atoms with Crippen molar-refractivity contribution in [1.82, 2.24) is 10.6 Å². The van der Waals surface area contributed by atoms with Gasteiger partial charge in [-0.1, -0.05) is 6.07 Å². The van der Waals surface area contributed by atoms with Crippen molar-refractivity contribution in [2.24, 2.45) is 0 Å². The van der Waals surface area contributed by atoms with Crippen LogP contribution < -0.4 is 10.6 Å².